The van der Waals surface area contributed by atoms with Crippen LogP contribution in [0.4, 0.5) is 0 Å². The molecule has 32 heavy (non-hydrogen) atoms. The molecule has 0 bridgehead atoms. The number of thiazole rings is 1. The first-order valence-corrected chi connectivity index (χ1v) is 11.5. The first-order chi connectivity index (χ1) is 15.3. The van der Waals surface area contributed by atoms with E-state index in [1.807, 2.05) is 30.3 Å². The maximum absolute atomic E-state index is 13.0. The molecule has 3 aromatic rings. The molecule has 0 radical (unpaired) electrons. The Labute approximate surface area is 186 Å². The Hall–Kier alpha value is -2.28. The third-order valence-corrected chi connectivity index (χ3v) is 6.38. The molecule has 4 N–H and O–H groups in total. The highest BCUT2D eigenvalue weighted by atomic mass is 32.1. The van der Waals surface area contributed by atoms with Crippen LogP contribution >= 0.6 is 19.9 Å². The molecule has 3 heterocycles. The minimum Gasteiger partial charge on any atom is -0.387 e. The van der Waals surface area contributed by atoms with Crippen molar-refractivity contribution in [1.82, 2.24) is 14.1 Å². The molecule has 1 fully saturated rings. The average Bonchev–Trinajstić information content (AvgIpc) is 3.36. The SMILES string of the molecule is O=c1ccn(C2OC(COP(O)O)C(O)C2O)c(=O)n1Cc1ncc(-c2ccccc2)s1. The first-order valence-electron chi connectivity index (χ1n) is 9.49. The summed E-state index contributed by atoms with van der Waals surface area (Å²) in [5.41, 5.74) is -0.339. The fraction of sp³-hybridized carbons (Fsp3) is 0.316. The van der Waals surface area contributed by atoms with Gasteiger partial charge in [-0.1, -0.05) is 30.3 Å². The van der Waals surface area contributed by atoms with Crippen LogP contribution in [0.2, 0.25) is 0 Å². The molecular formula is C19H20N3O8PS. The minimum absolute atomic E-state index is 0.0762. The van der Waals surface area contributed by atoms with Gasteiger partial charge >= 0.3 is 14.3 Å². The van der Waals surface area contributed by atoms with E-state index < -0.39 is 51.0 Å². The molecule has 0 aliphatic carbocycles. The number of aromatic nitrogens is 3. The van der Waals surface area contributed by atoms with Gasteiger partial charge < -0.3 is 29.3 Å². The van der Waals surface area contributed by atoms with Crippen LogP contribution in [0.3, 0.4) is 0 Å². The molecule has 4 rings (SSSR count). The van der Waals surface area contributed by atoms with Crippen molar-refractivity contribution >= 4 is 19.9 Å². The number of aliphatic hydroxyl groups is 2. The number of hydrogen-bond acceptors (Lipinski definition) is 10. The molecular weight excluding hydrogens is 461 g/mol. The van der Waals surface area contributed by atoms with Gasteiger partial charge in [-0.3, -0.25) is 13.9 Å². The summed E-state index contributed by atoms with van der Waals surface area (Å²) in [6, 6.07) is 10.7. The van der Waals surface area contributed by atoms with Gasteiger partial charge in [0.1, 0.15) is 23.3 Å². The summed E-state index contributed by atoms with van der Waals surface area (Å²) in [6.07, 6.45) is -2.48. The van der Waals surface area contributed by atoms with Crippen molar-refractivity contribution in [1.29, 1.82) is 0 Å². The number of nitrogens with zero attached hydrogens (tertiary/aromatic N) is 3. The highest BCUT2D eigenvalue weighted by molar-refractivity contribution is 7.39. The van der Waals surface area contributed by atoms with E-state index in [1.165, 1.54) is 17.5 Å². The summed E-state index contributed by atoms with van der Waals surface area (Å²) in [7, 11) is -2.67. The fourth-order valence-corrected chi connectivity index (χ4v) is 4.55. The summed E-state index contributed by atoms with van der Waals surface area (Å²) >= 11 is 1.35. The van der Waals surface area contributed by atoms with Crippen LogP contribution in [-0.4, -0.2) is 59.0 Å². The fourth-order valence-electron chi connectivity index (χ4n) is 3.36. The van der Waals surface area contributed by atoms with Gasteiger partial charge in [-0.2, -0.15) is 0 Å². The molecule has 0 amide bonds. The summed E-state index contributed by atoms with van der Waals surface area (Å²) in [6.45, 7) is -0.476. The Morgan fingerprint density at radius 2 is 1.88 bits per heavy atom. The predicted molar refractivity (Wildman–Crippen MR) is 115 cm³/mol. The molecule has 1 aliphatic heterocycles. The molecule has 4 atom stereocenters. The predicted octanol–water partition coefficient (Wildman–Crippen LogP) is 0.0291. The van der Waals surface area contributed by atoms with Crippen LogP contribution in [0.5, 0.6) is 0 Å². The Morgan fingerprint density at radius 1 is 1.12 bits per heavy atom. The van der Waals surface area contributed by atoms with Gasteiger partial charge in [-0.25, -0.2) is 9.78 Å². The van der Waals surface area contributed by atoms with Crippen LogP contribution in [-0.2, 0) is 15.8 Å². The van der Waals surface area contributed by atoms with Crippen molar-refractivity contribution in [2.24, 2.45) is 0 Å². The molecule has 0 spiro atoms. The smallest absolute Gasteiger partial charge is 0.333 e. The van der Waals surface area contributed by atoms with E-state index in [4.69, 9.17) is 14.5 Å². The van der Waals surface area contributed by atoms with Crippen LogP contribution in [0, 0.1) is 0 Å². The summed E-state index contributed by atoms with van der Waals surface area (Å²) in [5, 5.41) is 21.0. The van der Waals surface area contributed by atoms with Crippen LogP contribution in [0.1, 0.15) is 11.2 Å². The van der Waals surface area contributed by atoms with E-state index in [0.717, 1.165) is 25.6 Å². The van der Waals surface area contributed by atoms with Gasteiger partial charge in [0.2, 0.25) is 0 Å². The summed E-state index contributed by atoms with van der Waals surface area (Å²) in [5.74, 6) is 0. The maximum atomic E-state index is 13.0. The van der Waals surface area contributed by atoms with Gasteiger partial charge in [0.05, 0.1) is 18.0 Å². The quantitative estimate of drug-likeness (QED) is 0.342. The van der Waals surface area contributed by atoms with E-state index in [9.17, 15) is 19.8 Å². The summed E-state index contributed by atoms with van der Waals surface area (Å²) in [4.78, 5) is 48.3. The average molecular weight is 481 g/mol. The second kappa shape index (κ2) is 9.69. The molecule has 13 heteroatoms. The molecule has 2 aromatic heterocycles. The topological polar surface area (TPSA) is 156 Å². The lowest BCUT2D eigenvalue weighted by Gasteiger charge is -2.18. The lowest BCUT2D eigenvalue weighted by Crippen LogP contribution is -2.43. The Morgan fingerprint density at radius 3 is 2.59 bits per heavy atom. The van der Waals surface area contributed by atoms with Gasteiger partial charge in [0, 0.05) is 18.5 Å². The molecule has 1 saturated heterocycles. The molecule has 4 unspecified atom stereocenters. The zero-order valence-electron chi connectivity index (χ0n) is 16.5. The molecule has 0 saturated carbocycles. The zero-order valence-corrected chi connectivity index (χ0v) is 18.2. The van der Waals surface area contributed by atoms with Gasteiger partial charge in [-0.05, 0) is 5.56 Å². The zero-order chi connectivity index (χ0) is 22.8. The van der Waals surface area contributed by atoms with Crippen molar-refractivity contribution in [3.63, 3.8) is 0 Å². The normalized spacial score (nSPS) is 23.2. The minimum atomic E-state index is -2.67. The van der Waals surface area contributed by atoms with E-state index in [2.05, 4.69) is 9.51 Å². The number of rotatable bonds is 7. The second-order valence-electron chi connectivity index (χ2n) is 7.01. The van der Waals surface area contributed by atoms with Crippen molar-refractivity contribution < 1.29 is 29.3 Å². The number of aliphatic hydroxyl groups excluding tert-OH is 2. The summed E-state index contributed by atoms with van der Waals surface area (Å²) < 4.78 is 12.1. The maximum Gasteiger partial charge on any atom is 0.333 e. The highest BCUT2D eigenvalue weighted by Crippen LogP contribution is 2.32. The number of ether oxygens (including phenoxy) is 1. The van der Waals surface area contributed by atoms with Crippen molar-refractivity contribution in [3.8, 4) is 10.4 Å². The van der Waals surface area contributed by atoms with E-state index in [0.29, 0.717) is 5.01 Å². The Balaban J connectivity index is 1.58. The molecule has 1 aromatic carbocycles. The second-order valence-corrected chi connectivity index (χ2v) is 8.89. The number of hydrogen-bond donors (Lipinski definition) is 4. The molecule has 170 valence electrons. The lowest BCUT2D eigenvalue weighted by atomic mass is 10.1. The Bertz CT molecular complexity index is 1180. The van der Waals surface area contributed by atoms with Crippen molar-refractivity contribution in [2.75, 3.05) is 6.61 Å². The third-order valence-electron chi connectivity index (χ3n) is 4.97. The van der Waals surface area contributed by atoms with E-state index in [-0.39, 0.29) is 6.54 Å². The van der Waals surface area contributed by atoms with Gasteiger partial charge in [0.15, 0.2) is 6.23 Å². The Kier molecular flexibility index (Phi) is 6.93. The van der Waals surface area contributed by atoms with Crippen molar-refractivity contribution in [2.45, 2.75) is 31.1 Å². The number of benzene rings is 1. The van der Waals surface area contributed by atoms with Crippen molar-refractivity contribution in [3.05, 3.63) is 74.6 Å². The standard InChI is InChI=1S/C19H20N3O8PS/c23-15-6-7-21(18-17(25)16(24)12(30-18)10-29-31(27)28)19(26)22(15)9-14-20-8-13(32-14)11-4-2-1-3-5-11/h1-8,12,16-18,24-25,27-28H,9-10H2. The van der Waals surface area contributed by atoms with E-state index >= 15 is 0 Å². The highest BCUT2D eigenvalue weighted by Gasteiger charge is 2.44. The third kappa shape index (κ3) is 4.72. The van der Waals surface area contributed by atoms with E-state index in [1.54, 1.807) is 6.20 Å². The van der Waals surface area contributed by atoms with Crippen LogP contribution in [0.15, 0.2) is 58.4 Å². The van der Waals surface area contributed by atoms with Gasteiger partial charge in [0.25, 0.3) is 5.56 Å². The van der Waals surface area contributed by atoms with Gasteiger partial charge in [-0.15, -0.1) is 11.3 Å². The molecule has 11 nitrogen and oxygen atoms in total. The largest absolute Gasteiger partial charge is 0.387 e. The monoisotopic (exact) mass is 481 g/mol. The first kappa shape index (κ1) is 22.9. The lowest BCUT2D eigenvalue weighted by molar-refractivity contribution is -0.0531. The van der Waals surface area contributed by atoms with Crippen LogP contribution < -0.4 is 11.2 Å². The molecule has 1 aliphatic rings. The van der Waals surface area contributed by atoms with Crippen LogP contribution in [0.25, 0.3) is 10.4 Å².